The second kappa shape index (κ2) is 12.0. The lowest BCUT2D eigenvalue weighted by Crippen LogP contribution is -2.39. The van der Waals surface area contributed by atoms with Crippen LogP contribution in [0.2, 0.25) is 0 Å². The third-order valence-corrected chi connectivity index (χ3v) is 10.1. The maximum atomic E-state index is 13.7. The van der Waals surface area contributed by atoms with Gasteiger partial charge in [-0.1, -0.05) is 37.3 Å². The number of para-hydroxylation sites is 1. The number of sulfone groups is 2. The van der Waals surface area contributed by atoms with E-state index in [1.807, 2.05) is 13.8 Å². The van der Waals surface area contributed by atoms with Gasteiger partial charge in [0.05, 0.1) is 19.7 Å². The molecule has 3 rings (SSSR count). The summed E-state index contributed by atoms with van der Waals surface area (Å²) >= 11 is 1.23. The summed E-state index contributed by atoms with van der Waals surface area (Å²) in [4.78, 5) is 22.1. The van der Waals surface area contributed by atoms with E-state index in [0.29, 0.717) is 28.4 Å². The molecule has 2 aromatic carbocycles. The molecule has 0 aliphatic heterocycles. The predicted octanol–water partition coefficient (Wildman–Crippen LogP) is 4.29. The number of likely N-dealkylation sites (N-methyl/N-ethyl adjacent to an activating group) is 1. The number of nitrogens with zero attached hydrogens (tertiary/aromatic N) is 3. The van der Waals surface area contributed by atoms with Crippen LogP contribution in [-0.2, 0) is 19.7 Å². The van der Waals surface area contributed by atoms with E-state index in [9.17, 15) is 21.6 Å². The smallest absolute Gasteiger partial charge is 0.260 e. The van der Waals surface area contributed by atoms with Crippen LogP contribution in [0.3, 0.4) is 0 Å². The second-order valence-corrected chi connectivity index (χ2v) is 14.0. The Morgan fingerprint density at radius 1 is 1.00 bits per heavy atom. The van der Waals surface area contributed by atoms with Crippen LogP contribution in [0.5, 0.6) is 0 Å². The minimum absolute atomic E-state index is 0. The third-order valence-electron chi connectivity index (χ3n) is 5.81. The first-order valence-electron chi connectivity index (χ1n) is 11.4. The number of hydrogen-bond donors (Lipinski definition) is 0. The van der Waals surface area contributed by atoms with Crippen molar-refractivity contribution >= 4 is 64.7 Å². The molecule has 1 aromatic heterocycles. The molecule has 1 heterocycles. The van der Waals surface area contributed by atoms with Crippen molar-refractivity contribution in [2.75, 3.05) is 37.3 Å². The summed E-state index contributed by atoms with van der Waals surface area (Å²) in [5.41, 5.74) is 0.556. The van der Waals surface area contributed by atoms with E-state index in [4.69, 9.17) is 0 Å². The van der Waals surface area contributed by atoms with Gasteiger partial charge in [0, 0.05) is 24.9 Å². The molecule has 0 fully saturated rings. The molecule has 0 bridgehead atoms. The number of aromatic nitrogens is 1. The molecule has 12 heteroatoms. The number of carbonyl (C=O) groups excluding carboxylic acids is 1. The summed E-state index contributed by atoms with van der Waals surface area (Å²) in [6.07, 6.45) is 1.13. The quantitative estimate of drug-likeness (QED) is 0.356. The zero-order valence-electron chi connectivity index (χ0n) is 21.0. The molecular weight excluding hydrogens is 542 g/mol. The summed E-state index contributed by atoms with van der Waals surface area (Å²) in [7, 11) is -7.07. The van der Waals surface area contributed by atoms with E-state index in [1.54, 1.807) is 38.1 Å². The van der Waals surface area contributed by atoms with Gasteiger partial charge in [0.15, 0.2) is 24.8 Å². The van der Waals surface area contributed by atoms with Crippen molar-refractivity contribution in [3.05, 3.63) is 48.0 Å². The summed E-state index contributed by atoms with van der Waals surface area (Å²) in [5, 5.41) is -0.254. The minimum Gasteiger partial charge on any atom is -0.302 e. The van der Waals surface area contributed by atoms with Crippen molar-refractivity contribution in [1.82, 2.24) is 9.88 Å². The van der Waals surface area contributed by atoms with Crippen LogP contribution in [-0.4, -0.2) is 70.3 Å². The Hall–Kier alpha value is -2.05. The van der Waals surface area contributed by atoms with Gasteiger partial charge in [-0.25, -0.2) is 21.8 Å². The third kappa shape index (κ3) is 6.44. The lowest BCUT2D eigenvalue weighted by Gasteiger charge is -2.25. The van der Waals surface area contributed by atoms with Crippen molar-refractivity contribution in [2.24, 2.45) is 0 Å². The number of carbonyl (C=O) groups is 1. The average Bonchev–Trinajstić information content (AvgIpc) is 3.24. The van der Waals surface area contributed by atoms with E-state index >= 15 is 0 Å². The highest BCUT2D eigenvalue weighted by Crippen LogP contribution is 2.33. The lowest BCUT2D eigenvalue weighted by atomic mass is 10.2. The van der Waals surface area contributed by atoms with Crippen molar-refractivity contribution in [2.45, 2.75) is 42.7 Å². The van der Waals surface area contributed by atoms with E-state index in [1.165, 1.54) is 34.4 Å². The van der Waals surface area contributed by atoms with Gasteiger partial charge in [-0.3, -0.25) is 9.69 Å². The van der Waals surface area contributed by atoms with E-state index in [2.05, 4.69) is 9.88 Å². The zero-order valence-corrected chi connectivity index (χ0v) is 24.2. The van der Waals surface area contributed by atoms with Crippen LogP contribution in [0.25, 0.3) is 10.2 Å². The van der Waals surface area contributed by atoms with Gasteiger partial charge in [0.1, 0.15) is 5.52 Å². The topological polar surface area (TPSA) is 105 Å². The number of hydrogen-bond acceptors (Lipinski definition) is 8. The van der Waals surface area contributed by atoms with Crippen molar-refractivity contribution in [3.8, 4) is 0 Å². The Morgan fingerprint density at radius 3 is 2.22 bits per heavy atom. The maximum Gasteiger partial charge on any atom is 0.260 e. The van der Waals surface area contributed by atoms with Gasteiger partial charge in [0.2, 0.25) is 0 Å². The molecular formula is C24H32ClN3O5S3. The maximum absolute atomic E-state index is 13.7. The van der Waals surface area contributed by atoms with Gasteiger partial charge in [-0.15, -0.1) is 12.4 Å². The molecule has 0 unspecified atom stereocenters. The summed E-state index contributed by atoms with van der Waals surface area (Å²) < 4.78 is 50.6. The Kier molecular flexibility index (Phi) is 10.1. The standard InChI is InChI=1S/C24H31N3O5S3.ClH/c1-6-26(7-2)14-15-27(23(28)18-10-8-11-19(16-18)35(31,32)17(3)4)24-25-22-20(33-24)12-9-13-21(22)34(5,29)30;/h8-13,16-17H,6-7,14-15H2,1-5H3;1H. The van der Waals surface area contributed by atoms with Gasteiger partial charge in [0.25, 0.3) is 5.91 Å². The fourth-order valence-electron chi connectivity index (χ4n) is 3.63. The first kappa shape index (κ1) is 30.2. The highest BCUT2D eigenvalue weighted by molar-refractivity contribution is 7.92. The number of amides is 1. The van der Waals surface area contributed by atoms with Crippen molar-refractivity contribution < 1.29 is 21.6 Å². The van der Waals surface area contributed by atoms with Gasteiger partial charge in [-0.2, -0.15) is 0 Å². The first-order valence-corrected chi connectivity index (χ1v) is 15.6. The minimum atomic E-state index is -3.56. The largest absolute Gasteiger partial charge is 0.302 e. The first-order chi connectivity index (χ1) is 16.4. The summed E-state index contributed by atoms with van der Waals surface area (Å²) in [5.74, 6) is -0.391. The number of anilines is 1. The van der Waals surface area contributed by atoms with Crippen molar-refractivity contribution in [3.63, 3.8) is 0 Å². The molecule has 0 saturated heterocycles. The molecule has 0 aliphatic carbocycles. The number of rotatable bonds is 10. The summed E-state index contributed by atoms with van der Waals surface area (Å²) in [6.45, 7) is 9.77. The van der Waals surface area contributed by atoms with Crippen LogP contribution in [0, 0.1) is 0 Å². The summed E-state index contributed by atoms with van der Waals surface area (Å²) in [6, 6.07) is 11.0. The zero-order chi connectivity index (χ0) is 26.0. The molecule has 0 atom stereocenters. The fourth-order valence-corrected chi connectivity index (χ4v) is 6.64. The predicted molar refractivity (Wildman–Crippen MR) is 148 cm³/mol. The Labute approximate surface area is 223 Å². The molecule has 3 aromatic rings. The van der Waals surface area contributed by atoms with Crippen LogP contribution in [0.1, 0.15) is 38.1 Å². The van der Waals surface area contributed by atoms with Crippen LogP contribution in [0.15, 0.2) is 52.3 Å². The number of fused-ring (bicyclic) bond motifs is 1. The molecule has 0 radical (unpaired) electrons. The molecule has 0 aliphatic rings. The number of thiazole rings is 1. The lowest BCUT2D eigenvalue weighted by molar-refractivity contribution is 0.0983. The van der Waals surface area contributed by atoms with Crippen LogP contribution >= 0.6 is 23.7 Å². The second-order valence-electron chi connectivity index (χ2n) is 8.48. The molecule has 198 valence electrons. The Balaban J connectivity index is 0.00000456. The van der Waals surface area contributed by atoms with Crippen molar-refractivity contribution in [1.29, 1.82) is 0 Å². The monoisotopic (exact) mass is 573 g/mol. The fraction of sp³-hybridized carbons (Fsp3) is 0.417. The van der Waals surface area contributed by atoms with E-state index in [0.717, 1.165) is 19.3 Å². The Bertz CT molecular complexity index is 1430. The molecule has 1 amide bonds. The molecule has 36 heavy (non-hydrogen) atoms. The van der Waals surface area contributed by atoms with Gasteiger partial charge < -0.3 is 4.90 Å². The molecule has 0 spiro atoms. The Morgan fingerprint density at radius 2 is 1.64 bits per heavy atom. The van der Waals surface area contributed by atoms with Crippen LogP contribution < -0.4 is 4.90 Å². The number of halogens is 1. The average molecular weight is 574 g/mol. The van der Waals surface area contributed by atoms with Crippen LogP contribution in [0.4, 0.5) is 5.13 Å². The highest BCUT2D eigenvalue weighted by atomic mass is 35.5. The van der Waals surface area contributed by atoms with E-state index < -0.39 is 30.8 Å². The van der Waals surface area contributed by atoms with E-state index in [-0.39, 0.29) is 27.8 Å². The van der Waals surface area contributed by atoms with Gasteiger partial charge >= 0.3 is 0 Å². The highest BCUT2D eigenvalue weighted by Gasteiger charge is 2.26. The SMILES string of the molecule is CCN(CC)CCN(C(=O)c1cccc(S(=O)(=O)C(C)C)c1)c1nc2c(S(C)(=O)=O)cccc2s1.Cl. The van der Waals surface area contributed by atoms with Gasteiger partial charge in [-0.05, 0) is 57.3 Å². The number of benzene rings is 2. The molecule has 0 N–H and O–H groups in total. The molecule has 8 nitrogen and oxygen atoms in total. The normalized spacial score (nSPS) is 12.2. The molecule has 0 saturated carbocycles.